The minimum Gasteiger partial charge on any atom is -0.428 e. The highest BCUT2D eigenvalue weighted by Crippen LogP contribution is 2.27. The maximum Gasteiger partial charge on any atom is 0.461 e. The van der Waals surface area contributed by atoms with Crippen LogP contribution in [0.5, 0.6) is 5.75 Å². The molecule has 2 aromatic rings. The molecule has 1 amide bonds. The number of carbonyl (C=O) groups is 1. The van der Waals surface area contributed by atoms with Crippen LogP contribution in [0.25, 0.3) is 0 Å². The minimum absolute atomic E-state index is 0.178. The number of alkyl halides is 4. The van der Waals surface area contributed by atoms with Crippen LogP contribution in [0.4, 0.5) is 23.4 Å². The van der Waals surface area contributed by atoms with E-state index in [-0.39, 0.29) is 11.6 Å². The Morgan fingerprint density at radius 2 is 1.86 bits per heavy atom. The molecule has 1 aromatic carbocycles. The average molecular weight is 399 g/mol. The molecule has 9 heteroatoms. The van der Waals surface area contributed by atoms with E-state index in [0.29, 0.717) is 12.4 Å². The van der Waals surface area contributed by atoms with Crippen molar-refractivity contribution in [3.8, 4) is 5.75 Å². The van der Waals surface area contributed by atoms with E-state index in [1.165, 1.54) is 12.1 Å². The van der Waals surface area contributed by atoms with Crippen molar-refractivity contribution in [2.24, 2.45) is 0 Å². The summed E-state index contributed by atoms with van der Waals surface area (Å²) in [6.45, 7) is 6.28. The molecule has 0 radical (unpaired) electrons. The zero-order valence-corrected chi connectivity index (χ0v) is 15.6. The van der Waals surface area contributed by atoms with E-state index in [2.05, 4.69) is 20.4 Å². The second-order valence-electron chi connectivity index (χ2n) is 6.14. The van der Waals surface area contributed by atoms with Crippen molar-refractivity contribution in [2.45, 2.75) is 39.3 Å². The van der Waals surface area contributed by atoms with Gasteiger partial charge in [-0.15, -0.1) is 0 Å². The predicted molar refractivity (Wildman–Crippen MR) is 97.0 cm³/mol. The second kappa shape index (κ2) is 8.90. The highest BCUT2D eigenvalue weighted by atomic mass is 19.3. The SMILES string of the molecule is CCNc1cc(C(C)NC(=O)c2ccc(OC(F)(F)C(F)F)cc2)cc(C)n1. The van der Waals surface area contributed by atoms with Crippen molar-refractivity contribution in [1.82, 2.24) is 10.3 Å². The van der Waals surface area contributed by atoms with Crippen LogP contribution in [0.15, 0.2) is 36.4 Å². The lowest BCUT2D eigenvalue weighted by atomic mass is 10.1. The number of rotatable bonds is 8. The molecule has 5 nitrogen and oxygen atoms in total. The molecule has 152 valence electrons. The van der Waals surface area contributed by atoms with Gasteiger partial charge in [0.15, 0.2) is 0 Å². The highest BCUT2D eigenvalue weighted by molar-refractivity contribution is 5.94. The molecule has 0 bridgehead atoms. The first kappa shape index (κ1) is 21.5. The summed E-state index contributed by atoms with van der Waals surface area (Å²) in [5.41, 5.74) is 1.81. The molecule has 1 heterocycles. The van der Waals surface area contributed by atoms with E-state index in [4.69, 9.17) is 0 Å². The van der Waals surface area contributed by atoms with Crippen molar-refractivity contribution in [1.29, 1.82) is 0 Å². The van der Waals surface area contributed by atoms with Gasteiger partial charge in [-0.05, 0) is 62.7 Å². The first-order valence-electron chi connectivity index (χ1n) is 8.60. The Morgan fingerprint density at radius 1 is 1.21 bits per heavy atom. The third-order valence-electron chi connectivity index (χ3n) is 3.81. The third-order valence-corrected chi connectivity index (χ3v) is 3.81. The van der Waals surface area contributed by atoms with Gasteiger partial charge in [0, 0.05) is 17.8 Å². The topological polar surface area (TPSA) is 63.2 Å². The number of aryl methyl sites for hydroxylation is 1. The Kier molecular flexibility index (Phi) is 6.82. The number of nitrogens with zero attached hydrogens (tertiary/aromatic N) is 1. The number of halogens is 4. The summed E-state index contributed by atoms with van der Waals surface area (Å²) in [7, 11) is 0. The molecule has 0 aliphatic rings. The lowest BCUT2D eigenvalue weighted by Gasteiger charge is -2.18. The fourth-order valence-corrected chi connectivity index (χ4v) is 2.46. The van der Waals surface area contributed by atoms with E-state index in [1.807, 2.05) is 26.0 Å². The number of nitrogens with one attached hydrogen (secondary N) is 2. The standard InChI is InChI=1S/C19H21F4N3O2/c1-4-24-16-10-14(9-11(2)25-16)12(3)26-17(27)13-5-7-15(8-6-13)28-19(22,23)18(20)21/h5-10,12,18H,4H2,1-3H3,(H,24,25)(H,26,27). The van der Waals surface area contributed by atoms with Crippen LogP contribution in [-0.2, 0) is 0 Å². The quantitative estimate of drug-likeness (QED) is 0.640. The highest BCUT2D eigenvalue weighted by Gasteiger charge is 2.43. The number of hydrogen-bond acceptors (Lipinski definition) is 4. The number of amides is 1. The van der Waals surface area contributed by atoms with Gasteiger partial charge in [0.1, 0.15) is 11.6 Å². The summed E-state index contributed by atoms with van der Waals surface area (Å²) >= 11 is 0. The Morgan fingerprint density at radius 3 is 2.43 bits per heavy atom. The van der Waals surface area contributed by atoms with Crippen molar-refractivity contribution >= 4 is 11.7 Å². The van der Waals surface area contributed by atoms with Gasteiger partial charge >= 0.3 is 12.5 Å². The molecule has 0 saturated carbocycles. The first-order valence-corrected chi connectivity index (χ1v) is 8.60. The molecule has 2 N–H and O–H groups in total. The van der Waals surface area contributed by atoms with Crippen LogP contribution in [0.1, 0.15) is 41.5 Å². The zero-order chi connectivity index (χ0) is 20.9. The fraction of sp³-hybridized carbons (Fsp3) is 0.368. The monoisotopic (exact) mass is 399 g/mol. The summed E-state index contributed by atoms with van der Waals surface area (Å²) in [5, 5.41) is 5.90. The van der Waals surface area contributed by atoms with Crippen LogP contribution < -0.4 is 15.4 Å². The maximum atomic E-state index is 12.9. The van der Waals surface area contributed by atoms with Gasteiger partial charge in [-0.2, -0.15) is 17.6 Å². The second-order valence-corrected chi connectivity index (χ2v) is 6.14. The van der Waals surface area contributed by atoms with Crippen molar-refractivity contribution in [2.75, 3.05) is 11.9 Å². The number of anilines is 1. The van der Waals surface area contributed by atoms with Gasteiger partial charge in [-0.3, -0.25) is 4.79 Å². The molecular formula is C19H21F4N3O2. The van der Waals surface area contributed by atoms with Gasteiger partial charge in [-0.1, -0.05) is 0 Å². The number of carbonyl (C=O) groups excluding carboxylic acids is 1. The molecule has 2 rings (SSSR count). The molecule has 0 aliphatic heterocycles. The van der Waals surface area contributed by atoms with E-state index in [0.717, 1.165) is 23.4 Å². The summed E-state index contributed by atoms with van der Waals surface area (Å²) in [6.07, 6.45) is -8.55. The Balaban J connectivity index is 2.06. The van der Waals surface area contributed by atoms with E-state index >= 15 is 0 Å². The van der Waals surface area contributed by atoms with E-state index in [1.54, 1.807) is 6.92 Å². The van der Waals surface area contributed by atoms with Crippen molar-refractivity contribution in [3.05, 3.63) is 53.2 Å². The molecule has 1 unspecified atom stereocenters. The summed E-state index contributed by atoms with van der Waals surface area (Å²) in [4.78, 5) is 16.7. The minimum atomic E-state index is -4.60. The zero-order valence-electron chi connectivity index (χ0n) is 15.6. The van der Waals surface area contributed by atoms with Crippen molar-refractivity contribution in [3.63, 3.8) is 0 Å². The lowest BCUT2D eigenvalue weighted by Crippen LogP contribution is -2.33. The summed E-state index contributed by atoms with van der Waals surface area (Å²) in [6, 6.07) is 7.85. The first-order chi connectivity index (χ1) is 13.1. The van der Waals surface area contributed by atoms with Crippen LogP contribution in [0.3, 0.4) is 0 Å². The van der Waals surface area contributed by atoms with Gasteiger partial charge < -0.3 is 15.4 Å². The van der Waals surface area contributed by atoms with Crippen LogP contribution in [0, 0.1) is 6.92 Å². The number of pyridine rings is 1. The smallest absolute Gasteiger partial charge is 0.428 e. The van der Waals surface area contributed by atoms with Gasteiger partial charge in [0.05, 0.1) is 6.04 Å². The lowest BCUT2D eigenvalue weighted by molar-refractivity contribution is -0.253. The molecule has 0 spiro atoms. The number of ether oxygens (including phenoxy) is 1. The Hall–Kier alpha value is -2.84. The van der Waals surface area contributed by atoms with Crippen LogP contribution >= 0.6 is 0 Å². The number of aromatic nitrogens is 1. The Labute approximate surface area is 160 Å². The fourth-order valence-electron chi connectivity index (χ4n) is 2.46. The predicted octanol–water partition coefficient (Wildman–Crippen LogP) is 4.55. The third kappa shape index (κ3) is 5.58. The summed E-state index contributed by atoms with van der Waals surface area (Å²) < 4.78 is 54.1. The molecule has 0 fully saturated rings. The molecule has 0 aliphatic carbocycles. The molecule has 1 aromatic heterocycles. The van der Waals surface area contributed by atoms with Crippen LogP contribution in [-0.4, -0.2) is 30.0 Å². The van der Waals surface area contributed by atoms with Crippen LogP contribution in [0.2, 0.25) is 0 Å². The number of hydrogen-bond donors (Lipinski definition) is 2. The largest absolute Gasteiger partial charge is 0.461 e. The summed E-state index contributed by atoms with van der Waals surface area (Å²) in [5.74, 6) is -0.214. The molecule has 28 heavy (non-hydrogen) atoms. The maximum absolute atomic E-state index is 12.9. The van der Waals surface area contributed by atoms with Gasteiger partial charge in [0.25, 0.3) is 5.91 Å². The molecule has 1 atom stereocenters. The average Bonchev–Trinajstić information content (AvgIpc) is 2.61. The molecular weight excluding hydrogens is 378 g/mol. The molecule has 0 saturated heterocycles. The van der Waals surface area contributed by atoms with E-state index < -0.39 is 24.2 Å². The normalized spacial score (nSPS) is 12.6. The van der Waals surface area contributed by atoms with E-state index in [9.17, 15) is 22.4 Å². The Bertz CT molecular complexity index is 813. The van der Waals surface area contributed by atoms with Gasteiger partial charge in [-0.25, -0.2) is 4.98 Å². The van der Waals surface area contributed by atoms with Gasteiger partial charge in [0.2, 0.25) is 0 Å². The van der Waals surface area contributed by atoms with Crippen molar-refractivity contribution < 1.29 is 27.1 Å². The number of benzene rings is 1.